The topological polar surface area (TPSA) is 61.5 Å². The van der Waals surface area contributed by atoms with Gasteiger partial charge in [-0.3, -0.25) is 4.79 Å². The highest BCUT2D eigenvalue weighted by Gasteiger charge is 2.09. The Morgan fingerprint density at radius 2 is 1.86 bits per heavy atom. The minimum Gasteiger partial charge on any atom is -0.487 e. The molecule has 0 saturated heterocycles. The van der Waals surface area contributed by atoms with Gasteiger partial charge in [0.15, 0.2) is 0 Å². The molecule has 4 heteroatoms. The molecule has 0 saturated carbocycles. The van der Waals surface area contributed by atoms with Crippen molar-refractivity contribution in [1.29, 1.82) is 0 Å². The van der Waals surface area contributed by atoms with E-state index in [0.29, 0.717) is 18.0 Å². The molecule has 0 aliphatic carbocycles. The van der Waals surface area contributed by atoms with Gasteiger partial charge in [0, 0.05) is 0 Å². The van der Waals surface area contributed by atoms with Gasteiger partial charge < -0.3 is 15.2 Å². The predicted molar refractivity (Wildman–Crippen MR) is 82.1 cm³/mol. The van der Waals surface area contributed by atoms with Crippen molar-refractivity contribution in [2.45, 2.75) is 20.0 Å². The molecule has 0 amide bonds. The number of methoxy groups -OCH3 is 1. The number of benzene rings is 2. The SMILES string of the molecule is COC(=O)Cc1ccccc1COc1cc(C)ccc1N. The first kappa shape index (κ1) is 14.9. The predicted octanol–water partition coefficient (Wildman–Crippen LogP) is 2.87. The zero-order valence-corrected chi connectivity index (χ0v) is 12.3. The minimum absolute atomic E-state index is 0.235. The van der Waals surface area contributed by atoms with E-state index in [-0.39, 0.29) is 12.4 Å². The van der Waals surface area contributed by atoms with Gasteiger partial charge in [0.05, 0.1) is 19.2 Å². The van der Waals surface area contributed by atoms with Gasteiger partial charge in [-0.05, 0) is 35.7 Å². The molecule has 0 fully saturated rings. The molecule has 0 atom stereocenters. The molecule has 0 radical (unpaired) electrons. The summed E-state index contributed by atoms with van der Waals surface area (Å²) in [4.78, 5) is 11.4. The number of nitrogens with two attached hydrogens (primary N) is 1. The zero-order valence-electron chi connectivity index (χ0n) is 12.3. The van der Waals surface area contributed by atoms with Gasteiger partial charge in [-0.2, -0.15) is 0 Å². The van der Waals surface area contributed by atoms with E-state index in [1.54, 1.807) is 0 Å². The van der Waals surface area contributed by atoms with Crippen molar-refractivity contribution in [2.75, 3.05) is 12.8 Å². The Hall–Kier alpha value is -2.49. The monoisotopic (exact) mass is 285 g/mol. The Labute approximate surface area is 124 Å². The van der Waals surface area contributed by atoms with Crippen LogP contribution in [0.1, 0.15) is 16.7 Å². The molecule has 0 unspecified atom stereocenters. The number of esters is 1. The van der Waals surface area contributed by atoms with Crippen LogP contribution in [0.2, 0.25) is 0 Å². The average molecular weight is 285 g/mol. The number of carbonyl (C=O) groups is 1. The molecule has 21 heavy (non-hydrogen) atoms. The van der Waals surface area contributed by atoms with E-state index in [4.69, 9.17) is 15.2 Å². The third-order valence-electron chi connectivity index (χ3n) is 3.23. The number of hydrogen-bond acceptors (Lipinski definition) is 4. The lowest BCUT2D eigenvalue weighted by atomic mass is 10.1. The Morgan fingerprint density at radius 1 is 1.14 bits per heavy atom. The summed E-state index contributed by atoms with van der Waals surface area (Å²) in [7, 11) is 1.38. The van der Waals surface area contributed by atoms with Gasteiger partial charge in [-0.25, -0.2) is 0 Å². The summed E-state index contributed by atoms with van der Waals surface area (Å²) < 4.78 is 10.5. The van der Waals surface area contributed by atoms with Crippen molar-refractivity contribution in [3.63, 3.8) is 0 Å². The van der Waals surface area contributed by atoms with E-state index >= 15 is 0 Å². The first-order chi connectivity index (χ1) is 10.1. The maximum absolute atomic E-state index is 11.4. The summed E-state index contributed by atoms with van der Waals surface area (Å²) in [6.45, 7) is 2.35. The summed E-state index contributed by atoms with van der Waals surface area (Å²) >= 11 is 0. The fraction of sp³-hybridized carbons (Fsp3) is 0.235. The summed E-state index contributed by atoms with van der Waals surface area (Å²) in [5.41, 5.74) is 9.43. The lowest BCUT2D eigenvalue weighted by molar-refractivity contribution is -0.139. The van der Waals surface area contributed by atoms with Crippen LogP contribution in [0.4, 0.5) is 5.69 Å². The number of hydrogen-bond donors (Lipinski definition) is 1. The van der Waals surface area contributed by atoms with Crippen molar-refractivity contribution in [3.8, 4) is 5.75 Å². The highest BCUT2D eigenvalue weighted by Crippen LogP contribution is 2.24. The molecule has 2 aromatic carbocycles. The highest BCUT2D eigenvalue weighted by molar-refractivity contribution is 5.72. The third kappa shape index (κ3) is 3.99. The minimum atomic E-state index is -0.266. The van der Waals surface area contributed by atoms with E-state index < -0.39 is 0 Å². The third-order valence-corrected chi connectivity index (χ3v) is 3.23. The molecule has 4 nitrogen and oxygen atoms in total. The molecule has 0 aliphatic rings. The number of anilines is 1. The fourth-order valence-corrected chi connectivity index (χ4v) is 2.02. The first-order valence-corrected chi connectivity index (χ1v) is 6.72. The van der Waals surface area contributed by atoms with E-state index in [0.717, 1.165) is 16.7 Å². The summed E-state index contributed by atoms with van der Waals surface area (Å²) in [5.74, 6) is 0.389. The molecule has 2 aromatic rings. The van der Waals surface area contributed by atoms with Crippen LogP contribution < -0.4 is 10.5 Å². The average Bonchev–Trinajstić information content (AvgIpc) is 2.49. The Bertz CT molecular complexity index is 638. The largest absolute Gasteiger partial charge is 0.487 e. The van der Waals surface area contributed by atoms with Gasteiger partial charge in [0.2, 0.25) is 0 Å². The van der Waals surface area contributed by atoms with Gasteiger partial charge >= 0.3 is 5.97 Å². The fourth-order valence-electron chi connectivity index (χ4n) is 2.02. The van der Waals surface area contributed by atoms with E-state index in [2.05, 4.69) is 0 Å². The molecule has 0 aliphatic heterocycles. The zero-order chi connectivity index (χ0) is 15.2. The Kier molecular flexibility index (Phi) is 4.82. The molecule has 0 bridgehead atoms. The molecule has 2 N–H and O–H groups in total. The van der Waals surface area contributed by atoms with E-state index in [9.17, 15) is 4.79 Å². The van der Waals surface area contributed by atoms with Crippen LogP contribution in [0.3, 0.4) is 0 Å². The lowest BCUT2D eigenvalue weighted by Gasteiger charge is -2.12. The second-order valence-electron chi connectivity index (χ2n) is 4.85. The van der Waals surface area contributed by atoms with Crippen LogP contribution in [0.25, 0.3) is 0 Å². The van der Waals surface area contributed by atoms with Crippen molar-refractivity contribution < 1.29 is 14.3 Å². The van der Waals surface area contributed by atoms with Crippen LogP contribution in [0.5, 0.6) is 5.75 Å². The van der Waals surface area contributed by atoms with Crippen molar-refractivity contribution in [2.24, 2.45) is 0 Å². The number of nitrogen functional groups attached to an aromatic ring is 1. The number of aryl methyl sites for hydroxylation is 1. The second-order valence-corrected chi connectivity index (χ2v) is 4.85. The number of carbonyl (C=O) groups excluding carboxylic acids is 1. The Morgan fingerprint density at radius 3 is 2.57 bits per heavy atom. The molecule has 2 rings (SSSR count). The number of ether oxygens (including phenoxy) is 2. The quantitative estimate of drug-likeness (QED) is 0.678. The molecular formula is C17H19NO3. The van der Waals surface area contributed by atoms with Crippen LogP contribution >= 0.6 is 0 Å². The maximum Gasteiger partial charge on any atom is 0.309 e. The van der Waals surface area contributed by atoms with Gasteiger partial charge in [-0.1, -0.05) is 30.3 Å². The van der Waals surface area contributed by atoms with E-state index in [1.807, 2.05) is 49.4 Å². The first-order valence-electron chi connectivity index (χ1n) is 6.72. The lowest BCUT2D eigenvalue weighted by Crippen LogP contribution is -2.08. The van der Waals surface area contributed by atoms with Crippen LogP contribution in [-0.2, 0) is 22.6 Å². The Balaban J connectivity index is 2.13. The van der Waals surface area contributed by atoms with Crippen molar-refractivity contribution >= 4 is 11.7 Å². The highest BCUT2D eigenvalue weighted by atomic mass is 16.5. The number of rotatable bonds is 5. The summed E-state index contributed by atoms with van der Waals surface area (Å²) in [6.07, 6.45) is 0.235. The van der Waals surface area contributed by atoms with Crippen LogP contribution in [0.15, 0.2) is 42.5 Å². The molecular weight excluding hydrogens is 266 g/mol. The molecule has 0 spiro atoms. The molecule has 110 valence electrons. The van der Waals surface area contributed by atoms with Crippen molar-refractivity contribution in [3.05, 3.63) is 59.2 Å². The van der Waals surface area contributed by atoms with E-state index in [1.165, 1.54) is 7.11 Å². The van der Waals surface area contributed by atoms with Gasteiger partial charge in [-0.15, -0.1) is 0 Å². The second kappa shape index (κ2) is 6.79. The standard InChI is InChI=1S/C17H19NO3/c1-12-7-8-15(18)16(9-12)21-11-14-6-4-3-5-13(14)10-17(19)20-2/h3-9H,10-11,18H2,1-2H3. The van der Waals surface area contributed by atoms with Gasteiger partial charge in [0.1, 0.15) is 12.4 Å². The van der Waals surface area contributed by atoms with Crippen LogP contribution in [-0.4, -0.2) is 13.1 Å². The van der Waals surface area contributed by atoms with Gasteiger partial charge in [0.25, 0.3) is 0 Å². The summed E-state index contributed by atoms with van der Waals surface area (Å²) in [5, 5.41) is 0. The smallest absolute Gasteiger partial charge is 0.309 e. The van der Waals surface area contributed by atoms with Crippen molar-refractivity contribution in [1.82, 2.24) is 0 Å². The van der Waals surface area contributed by atoms with Crippen LogP contribution in [0, 0.1) is 6.92 Å². The maximum atomic E-state index is 11.4. The molecule has 0 heterocycles. The summed E-state index contributed by atoms with van der Waals surface area (Å²) in [6, 6.07) is 13.3. The normalized spacial score (nSPS) is 10.2. The molecule has 0 aromatic heterocycles.